The molecule has 2 rings (SSSR count). The van der Waals surface area contributed by atoms with Crippen LogP contribution in [0, 0.1) is 5.41 Å². The fourth-order valence-corrected chi connectivity index (χ4v) is 3.08. The summed E-state index contributed by atoms with van der Waals surface area (Å²) in [6.45, 7) is 6.19. The second kappa shape index (κ2) is 7.41. The van der Waals surface area contributed by atoms with Gasteiger partial charge in [0.05, 0.1) is 6.61 Å². The number of hydrogen-bond donors (Lipinski definition) is 1. The third-order valence-electron chi connectivity index (χ3n) is 3.82. The molecular weight excluding hydrogens is 302 g/mol. The lowest BCUT2D eigenvalue weighted by Crippen LogP contribution is -2.43. The minimum absolute atomic E-state index is 0.279. The molecule has 0 saturated carbocycles. The van der Waals surface area contributed by atoms with Gasteiger partial charge in [0, 0.05) is 23.0 Å². The molecule has 1 heterocycles. The van der Waals surface area contributed by atoms with Gasteiger partial charge in [0.2, 0.25) is 0 Å². The van der Waals surface area contributed by atoms with Crippen molar-refractivity contribution in [3.05, 3.63) is 34.3 Å². The molecule has 1 N–H and O–H groups in total. The number of hydrogen-bond acceptors (Lipinski definition) is 2. The molecule has 1 unspecified atom stereocenters. The third kappa shape index (κ3) is 4.59. The predicted octanol–water partition coefficient (Wildman–Crippen LogP) is 3.79. The maximum Gasteiger partial charge on any atom is 0.0537 e. The zero-order chi connectivity index (χ0) is 13.6. The van der Waals surface area contributed by atoms with Crippen molar-refractivity contribution < 1.29 is 4.74 Å². The number of ether oxygens (including phenoxy) is 1. The van der Waals surface area contributed by atoms with E-state index in [0.29, 0.717) is 0 Å². The molecule has 1 aliphatic rings. The second-order valence-electron chi connectivity index (χ2n) is 5.64. The zero-order valence-corrected chi connectivity index (χ0v) is 13.3. The lowest BCUT2D eigenvalue weighted by Gasteiger charge is -2.37. The van der Waals surface area contributed by atoms with Gasteiger partial charge in [-0.2, -0.15) is 0 Å². The van der Waals surface area contributed by atoms with Crippen molar-refractivity contribution in [3.63, 3.8) is 0 Å². The van der Waals surface area contributed by atoms with Crippen LogP contribution in [0.1, 0.15) is 31.7 Å². The van der Waals surface area contributed by atoms with E-state index in [1.807, 2.05) is 0 Å². The molecule has 0 amide bonds. The fourth-order valence-electron chi connectivity index (χ4n) is 2.82. The highest BCUT2D eigenvalue weighted by molar-refractivity contribution is 9.10. The average molecular weight is 326 g/mol. The monoisotopic (exact) mass is 325 g/mol. The Kier molecular flexibility index (Phi) is 5.86. The maximum absolute atomic E-state index is 5.76. The van der Waals surface area contributed by atoms with E-state index < -0.39 is 0 Å². The summed E-state index contributed by atoms with van der Waals surface area (Å²) in [5.41, 5.74) is 1.69. The summed E-state index contributed by atoms with van der Waals surface area (Å²) in [6.07, 6.45) is 4.75. The van der Waals surface area contributed by atoms with Crippen molar-refractivity contribution >= 4 is 15.9 Å². The largest absolute Gasteiger partial charge is 0.381 e. The average Bonchev–Trinajstić information content (AvgIpc) is 2.43. The Hall–Kier alpha value is -0.380. The van der Waals surface area contributed by atoms with Crippen molar-refractivity contribution in [1.82, 2.24) is 5.32 Å². The van der Waals surface area contributed by atoms with Gasteiger partial charge in [0.25, 0.3) is 0 Å². The molecule has 2 nitrogen and oxygen atoms in total. The molecule has 1 aliphatic heterocycles. The highest BCUT2D eigenvalue weighted by atomic mass is 79.9. The van der Waals surface area contributed by atoms with Gasteiger partial charge in [0.15, 0.2) is 0 Å². The molecule has 1 saturated heterocycles. The second-order valence-corrected chi connectivity index (χ2v) is 6.55. The number of halogens is 1. The molecule has 0 radical (unpaired) electrons. The van der Waals surface area contributed by atoms with E-state index >= 15 is 0 Å². The number of nitrogens with one attached hydrogen (secondary N) is 1. The lowest BCUT2D eigenvalue weighted by atomic mass is 9.77. The molecule has 19 heavy (non-hydrogen) atoms. The van der Waals surface area contributed by atoms with E-state index in [4.69, 9.17) is 4.74 Å². The quantitative estimate of drug-likeness (QED) is 0.803. The topological polar surface area (TPSA) is 21.3 Å². The summed E-state index contributed by atoms with van der Waals surface area (Å²) >= 11 is 3.50. The van der Waals surface area contributed by atoms with Crippen LogP contribution in [0.4, 0.5) is 0 Å². The molecule has 0 spiro atoms. The normalized spacial score (nSPS) is 23.5. The Bertz CT molecular complexity index is 371. The van der Waals surface area contributed by atoms with E-state index in [9.17, 15) is 0 Å². The first kappa shape index (κ1) is 15.0. The first-order valence-corrected chi connectivity index (χ1v) is 8.06. The minimum atomic E-state index is 0.279. The summed E-state index contributed by atoms with van der Waals surface area (Å²) in [6, 6.07) is 8.71. The Morgan fingerprint density at radius 1 is 1.32 bits per heavy atom. The summed E-state index contributed by atoms with van der Waals surface area (Å²) in [5.74, 6) is 0. The summed E-state index contributed by atoms with van der Waals surface area (Å²) < 4.78 is 6.91. The van der Waals surface area contributed by atoms with Gasteiger partial charge in [-0.15, -0.1) is 0 Å². The van der Waals surface area contributed by atoms with Crippen molar-refractivity contribution in [1.29, 1.82) is 0 Å². The SMILES string of the molecule is CCCNCC1(Cc2ccc(Br)cc2)CCCOC1. The Morgan fingerprint density at radius 2 is 2.11 bits per heavy atom. The van der Waals surface area contributed by atoms with Gasteiger partial charge in [0.1, 0.15) is 0 Å². The smallest absolute Gasteiger partial charge is 0.0537 e. The third-order valence-corrected chi connectivity index (χ3v) is 4.35. The lowest BCUT2D eigenvalue weighted by molar-refractivity contribution is -0.00706. The summed E-state index contributed by atoms with van der Waals surface area (Å²) in [5, 5.41) is 3.59. The van der Waals surface area contributed by atoms with E-state index in [1.165, 1.54) is 24.8 Å². The van der Waals surface area contributed by atoms with Crippen LogP contribution in [0.2, 0.25) is 0 Å². The molecule has 1 atom stereocenters. The Labute approximate surface area is 125 Å². The number of rotatable bonds is 6. The van der Waals surface area contributed by atoms with E-state index in [2.05, 4.69) is 52.4 Å². The van der Waals surface area contributed by atoms with Gasteiger partial charge >= 0.3 is 0 Å². The molecule has 0 aromatic heterocycles. The highest BCUT2D eigenvalue weighted by Crippen LogP contribution is 2.32. The predicted molar refractivity (Wildman–Crippen MR) is 83.5 cm³/mol. The molecule has 0 aliphatic carbocycles. The Morgan fingerprint density at radius 3 is 2.74 bits per heavy atom. The van der Waals surface area contributed by atoms with Gasteiger partial charge in [-0.05, 0) is 49.9 Å². The first-order chi connectivity index (χ1) is 9.24. The van der Waals surface area contributed by atoms with Crippen LogP contribution in [0.3, 0.4) is 0 Å². The van der Waals surface area contributed by atoms with Crippen LogP contribution < -0.4 is 5.32 Å². The van der Waals surface area contributed by atoms with Crippen LogP contribution in [-0.2, 0) is 11.2 Å². The fraction of sp³-hybridized carbons (Fsp3) is 0.625. The van der Waals surface area contributed by atoms with Crippen LogP contribution >= 0.6 is 15.9 Å². The highest BCUT2D eigenvalue weighted by Gasteiger charge is 2.32. The van der Waals surface area contributed by atoms with Gasteiger partial charge in [-0.1, -0.05) is 35.0 Å². The van der Waals surface area contributed by atoms with Crippen molar-refractivity contribution in [2.24, 2.45) is 5.41 Å². The molecular formula is C16H24BrNO. The van der Waals surface area contributed by atoms with Crippen LogP contribution in [-0.4, -0.2) is 26.3 Å². The van der Waals surface area contributed by atoms with Gasteiger partial charge < -0.3 is 10.1 Å². The van der Waals surface area contributed by atoms with Gasteiger partial charge in [-0.25, -0.2) is 0 Å². The molecule has 106 valence electrons. The summed E-state index contributed by atoms with van der Waals surface area (Å²) in [4.78, 5) is 0. The number of benzene rings is 1. The van der Waals surface area contributed by atoms with E-state index in [1.54, 1.807) is 0 Å². The zero-order valence-electron chi connectivity index (χ0n) is 11.8. The molecule has 3 heteroatoms. The van der Waals surface area contributed by atoms with Crippen molar-refractivity contribution in [3.8, 4) is 0 Å². The Balaban J connectivity index is 2.01. The molecule has 1 aromatic rings. The first-order valence-electron chi connectivity index (χ1n) is 7.27. The minimum Gasteiger partial charge on any atom is -0.381 e. The molecule has 0 bridgehead atoms. The van der Waals surface area contributed by atoms with Crippen LogP contribution in [0.15, 0.2) is 28.7 Å². The van der Waals surface area contributed by atoms with Crippen molar-refractivity contribution in [2.75, 3.05) is 26.3 Å². The molecule has 1 fully saturated rings. The van der Waals surface area contributed by atoms with Crippen LogP contribution in [0.5, 0.6) is 0 Å². The summed E-state index contributed by atoms with van der Waals surface area (Å²) in [7, 11) is 0. The maximum atomic E-state index is 5.76. The van der Waals surface area contributed by atoms with E-state index in [0.717, 1.165) is 37.2 Å². The van der Waals surface area contributed by atoms with Crippen molar-refractivity contribution in [2.45, 2.75) is 32.6 Å². The van der Waals surface area contributed by atoms with E-state index in [-0.39, 0.29) is 5.41 Å². The van der Waals surface area contributed by atoms with Crippen LogP contribution in [0.25, 0.3) is 0 Å². The van der Waals surface area contributed by atoms with Gasteiger partial charge in [-0.3, -0.25) is 0 Å². The molecule has 1 aromatic carbocycles. The standard InChI is InChI=1S/C16H24BrNO/c1-2-9-18-12-16(8-3-10-19-13-16)11-14-4-6-15(17)7-5-14/h4-7,18H,2-3,8-13H2,1H3.